The topological polar surface area (TPSA) is 172 Å². The number of rotatable bonds is 7. The largest absolute Gasteiger partial charge is 0.481 e. The van der Waals surface area contributed by atoms with Crippen LogP contribution in [-0.2, 0) is 9.47 Å². The zero-order valence-electron chi connectivity index (χ0n) is 26.3. The molecule has 2 aliphatic rings. The lowest BCUT2D eigenvalue weighted by atomic mass is 9.98. The van der Waals surface area contributed by atoms with E-state index in [0.29, 0.717) is 56.1 Å². The Kier molecular flexibility index (Phi) is 14.1. The third-order valence-corrected chi connectivity index (χ3v) is 8.15. The van der Waals surface area contributed by atoms with Crippen molar-refractivity contribution in [1.29, 1.82) is 0 Å². The molecule has 256 valence electrons. The molecule has 2 fully saturated rings. The monoisotopic (exact) mass is 675 g/mol. The van der Waals surface area contributed by atoms with Crippen LogP contribution in [-0.4, -0.2) is 86.3 Å². The number of aromatic nitrogens is 2. The molecule has 2 aliphatic heterocycles. The van der Waals surface area contributed by atoms with Gasteiger partial charge in [0, 0.05) is 50.7 Å². The van der Waals surface area contributed by atoms with Gasteiger partial charge in [-0.15, -0.1) is 0 Å². The third kappa shape index (κ3) is 12.9. The van der Waals surface area contributed by atoms with Crippen LogP contribution in [0.3, 0.4) is 0 Å². The molecule has 0 radical (unpaired) electrons. The first kappa shape index (κ1) is 37.8. The van der Waals surface area contributed by atoms with E-state index in [1.54, 1.807) is 16.0 Å². The standard InChI is InChI=1S/C14H21N3O5S.C14H23N3O3S.CH4.H2/c1-14(2,3)22-13(18)16-6-4-10(5-7-16)9-21-12-11(17(19)20)8-15-23-12;1-14(2,3)20-13(18)17-6-4-10(5-7-17)9-19-12-11(15)8-16-21-12;;/h8,10H,4-7,9H2,1-3H3;8,10H,4-7,9,15H2,1-3H3;1H4;1H/i;;;1+1. The number of nitrogens with two attached hydrogens (primary N) is 1. The molecule has 0 aliphatic carbocycles. The number of nitrogen functional groups attached to an aromatic ring is 1. The van der Waals surface area contributed by atoms with Crippen molar-refractivity contribution in [3.05, 3.63) is 22.5 Å². The quantitative estimate of drug-likeness (QED) is 0.244. The van der Waals surface area contributed by atoms with Gasteiger partial charge >= 0.3 is 17.9 Å². The number of anilines is 1. The molecule has 14 nitrogen and oxygen atoms in total. The van der Waals surface area contributed by atoms with Gasteiger partial charge in [-0.05, 0) is 79.1 Å². The second kappa shape index (κ2) is 16.8. The lowest BCUT2D eigenvalue weighted by molar-refractivity contribution is -0.385. The Balaban J connectivity index is 0.000000442. The highest BCUT2D eigenvalue weighted by molar-refractivity contribution is 7.08. The molecule has 2 aromatic rings. The molecule has 0 saturated carbocycles. The van der Waals surface area contributed by atoms with E-state index in [1.807, 2.05) is 41.5 Å². The molecular weight excluding hydrogens is 624 g/mol. The summed E-state index contributed by atoms with van der Waals surface area (Å²) in [4.78, 5) is 37.7. The minimum Gasteiger partial charge on any atom is -0.481 e. The third-order valence-electron chi connectivity index (χ3n) is 6.71. The van der Waals surface area contributed by atoms with Crippen LogP contribution in [0, 0.1) is 22.0 Å². The van der Waals surface area contributed by atoms with Crippen molar-refractivity contribution < 1.29 is 34.9 Å². The Morgan fingerprint density at radius 3 is 1.64 bits per heavy atom. The predicted molar refractivity (Wildman–Crippen MR) is 176 cm³/mol. The first-order valence-electron chi connectivity index (χ1n) is 14.6. The minimum atomic E-state index is -0.498. The van der Waals surface area contributed by atoms with Gasteiger partial charge in [0.05, 0.1) is 24.3 Å². The Hall–Kier alpha value is -3.40. The van der Waals surface area contributed by atoms with Crippen molar-refractivity contribution in [3.8, 4) is 10.1 Å². The minimum absolute atomic E-state index is 0. The van der Waals surface area contributed by atoms with Crippen LogP contribution in [0.1, 0.15) is 76.1 Å². The number of hydrogen-bond acceptors (Lipinski definition) is 13. The summed E-state index contributed by atoms with van der Waals surface area (Å²) in [5.41, 5.74) is 5.28. The maximum Gasteiger partial charge on any atom is 0.410 e. The van der Waals surface area contributed by atoms with Gasteiger partial charge in [0.2, 0.25) is 5.06 Å². The van der Waals surface area contributed by atoms with E-state index in [4.69, 9.17) is 24.7 Å². The highest BCUT2D eigenvalue weighted by atomic mass is 32.1. The number of nitrogens with zero attached hydrogens (tertiary/aromatic N) is 5. The van der Waals surface area contributed by atoms with Crippen molar-refractivity contribution in [2.45, 2.75) is 85.9 Å². The molecule has 4 rings (SSSR count). The summed E-state index contributed by atoms with van der Waals surface area (Å²) >= 11 is 2.25. The van der Waals surface area contributed by atoms with Gasteiger partial charge in [-0.3, -0.25) is 10.1 Å². The fourth-order valence-electron chi connectivity index (χ4n) is 4.40. The van der Waals surface area contributed by atoms with Gasteiger partial charge < -0.3 is 34.5 Å². The van der Waals surface area contributed by atoms with E-state index >= 15 is 0 Å². The van der Waals surface area contributed by atoms with Crippen LogP contribution >= 0.6 is 23.1 Å². The second-order valence-electron chi connectivity index (χ2n) is 12.8. The first-order valence-corrected chi connectivity index (χ1v) is 16.2. The van der Waals surface area contributed by atoms with Crippen LogP contribution in [0.25, 0.3) is 0 Å². The summed E-state index contributed by atoms with van der Waals surface area (Å²) in [5, 5.41) is 11.7. The molecule has 0 aromatic carbocycles. The van der Waals surface area contributed by atoms with Gasteiger partial charge in [-0.25, -0.2) is 9.59 Å². The average molecular weight is 676 g/mol. The lowest BCUT2D eigenvalue weighted by Crippen LogP contribution is -2.42. The molecule has 2 amide bonds. The van der Waals surface area contributed by atoms with E-state index in [-0.39, 0.29) is 37.7 Å². The Bertz CT molecular complexity index is 1230. The maximum absolute atomic E-state index is 12.0. The Morgan fingerprint density at radius 1 is 0.867 bits per heavy atom. The van der Waals surface area contributed by atoms with Gasteiger partial charge in [-0.2, -0.15) is 8.75 Å². The van der Waals surface area contributed by atoms with Gasteiger partial charge in [-0.1, -0.05) is 7.43 Å². The summed E-state index contributed by atoms with van der Waals surface area (Å²) in [6.07, 6.45) is 5.67. The van der Waals surface area contributed by atoms with Crippen LogP contribution in [0.4, 0.5) is 21.0 Å². The zero-order valence-corrected chi connectivity index (χ0v) is 27.9. The fraction of sp³-hybridized carbons (Fsp3) is 0.724. The molecule has 4 heterocycles. The molecule has 2 saturated heterocycles. The van der Waals surface area contributed by atoms with Crippen molar-refractivity contribution >= 4 is 46.6 Å². The van der Waals surface area contributed by atoms with Crippen molar-refractivity contribution in [2.24, 2.45) is 11.8 Å². The summed E-state index contributed by atoms with van der Waals surface area (Å²) in [6, 6.07) is 0. The number of amides is 2. The number of ether oxygens (including phenoxy) is 4. The van der Waals surface area contributed by atoms with Crippen LogP contribution in [0.5, 0.6) is 10.1 Å². The van der Waals surface area contributed by atoms with E-state index in [1.165, 1.54) is 17.7 Å². The smallest absolute Gasteiger partial charge is 0.410 e. The molecule has 2 aromatic heterocycles. The predicted octanol–water partition coefficient (Wildman–Crippen LogP) is 6.71. The highest BCUT2D eigenvalue weighted by Crippen LogP contribution is 2.32. The van der Waals surface area contributed by atoms with Crippen molar-refractivity contribution in [3.63, 3.8) is 0 Å². The maximum atomic E-state index is 12.0. The number of hydrogen-bond donors (Lipinski definition) is 1. The fourth-order valence-corrected chi connectivity index (χ4v) is 5.53. The van der Waals surface area contributed by atoms with Gasteiger partial charge in [0.25, 0.3) is 5.06 Å². The van der Waals surface area contributed by atoms with Crippen LogP contribution < -0.4 is 15.2 Å². The second-order valence-corrected chi connectivity index (χ2v) is 14.3. The summed E-state index contributed by atoms with van der Waals surface area (Å²) < 4.78 is 29.7. The van der Waals surface area contributed by atoms with E-state index in [2.05, 4.69) is 8.75 Å². The van der Waals surface area contributed by atoms with Crippen LogP contribution in [0.15, 0.2) is 12.4 Å². The number of nitro groups is 1. The molecule has 2 N–H and O–H groups in total. The SMILES string of the molecule is C.CC(C)(C)OC(=O)N1CCC(COc2sncc2N)CC1.CC(C)(C)OC(=O)N1CCC(COc2sncc2[N+](=O)[O-])CC1.[2HH]. The summed E-state index contributed by atoms with van der Waals surface area (Å²) in [5.74, 6) is 0.695. The average Bonchev–Trinajstić information content (AvgIpc) is 3.58. The Labute approximate surface area is 275 Å². The molecule has 45 heavy (non-hydrogen) atoms. The van der Waals surface area contributed by atoms with E-state index in [9.17, 15) is 19.7 Å². The zero-order chi connectivity index (χ0) is 32.5. The molecular formula is C29H50N6O8S2. The molecule has 0 atom stereocenters. The summed E-state index contributed by atoms with van der Waals surface area (Å²) in [7, 11) is 0. The van der Waals surface area contributed by atoms with Gasteiger partial charge in [0.15, 0.2) is 0 Å². The lowest BCUT2D eigenvalue weighted by Gasteiger charge is -2.33. The van der Waals surface area contributed by atoms with Gasteiger partial charge in [0.1, 0.15) is 23.1 Å². The van der Waals surface area contributed by atoms with Crippen LogP contribution in [0.2, 0.25) is 0 Å². The van der Waals surface area contributed by atoms with E-state index in [0.717, 1.165) is 37.2 Å². The summed E-state index contributed by atoms with van der Waals surface area (Å²) in [6.45, 7) is 14.8. The Morgan fingerprint density at radius 2 is 1.27 bits per heavy atom. The highest BCUT2D eigenvalue weighted by Gasteiger charge is 2.29. The van der Waals surface area contributed by atoms with Crippen molar-refractivity contribution in [2.75, 3.05) is 45.1 Å². The molecule has 16 heteroatoms. The first-order chi connectivity index (χ1) is 20.6. The normalized spacial score (nSPS) is 16.1. The number of carbonyl (C=O) groups excluding carboxylic acids is 2. The van der Waals surface area contributed by atoms with E-state index < -0.39 is 16.1 Å². The molecule has 0 spiro atoms. The molecule has 0 unspecified atom stereocenters. The number of carbonyl (C=O) groups is 2. The number of piperidine rings is 2. The van der Waals surface area contributed by atoms with Crippen molar-refractivity contribution in [1.82, 2.24) is 18.5 Å². The molecule has 0 bridgehead atoms. The number of likely N-dealkylation sites (tertiary alicyclic amines) is 2.